The third kappa shape index (κ3) is 7.60. The molecule has 0 aliphatic heterocycles. The number of nitrogens with one attached hydrogen (secondary N) is 2. The van der Waals surface area contributed by atoms with Crippen molar-refractivity contribution in [3.8, 4) is 0 Å². The molecule has 0 aliphatic rings. The van der Waals surface area contributed by atoms with Gasteiger partial charge in [-0.25, -0.2) is 4.39 Å². The van der Waals surface area contributed by atoms with Crippen LogP contribution in [0.5, 0.6) is 0 Å². The number of carbonyl (C=O) groups is 2. The lowest BCUT2D eigenvalue weighted by atomic mass is 10.3. The summed E-state index contributed by atoms with van der Waals surface area (Å²) in [6.07, 6.45) is 0.833. The normalized spacial score (nSPS) is 11.5. The topological polar surface area (TPSA) is 61.4 Å². The molecule has 28 heavy (non-hydrogen) atoms. The number of benzene rings is 2. The Bertz CT molecular complexity index is 756. The first-order valence-electron chi connectivity index (χ1n) is 9.16. The Morgan fingerprint density at radius 3 is 2.46 bits per heavy atom. The van der Waals surface area contributed by atoms with Gasteiger partial charge in [-0.1, -0.05) is 18.2 Å². The van der Waals surface area contributed by atoms with Crippen LogP contribution in [0.3, 0.4) is 0 Å². The Morgan fingerprint density at radius 2 is 1.79 bits per heavy atom. The maximum Gasteiger partial charge on any atom is 0.234 e. The average Bonchev–Trinajstić information content (AvgIpc) is 2.71. The standard InChI is InChI=1S/C21H26FN3O2S/c1-16(28-15-20(26)24-18-11-9-17(22)10-12-18)21(27)23-13-6-14-25(2)19-7-4-3-5-8-19/h3-5,7-12,16H,6,13-15H2,1-2H3,(H,23,27)(H,24,26). The van der Waals surface area contributed by atoms with Gasteiger partial charge in [0.05, 0.1) is 11.0 Å². The molecule has 1 unspecified atom stereocenters. The summed E-state index contributed by atoms with van der Waals surface area (Å²) in [7, 11) is 2.02. The minimum Gasteiger partial charge on any atom is -0.375 e. The number of rotatable bonds is 10. The van der Waals surface area contributed by atoms with Gasteiger partial charge in [0.1, 0.15) is 5.82 Å². The zero-order chi connectivity index (χ0) is 20.4. The van der Waals surface area contributed by atoms with E-state index in [4.69, 9.17) is 0 Å². The summed E-state index contributed by atoms with van der Waals surface area (Å²) in [5.41, 5.74) is 1.68. The predicted octanol–water partition coefficient (Wildman–Crippen LogP) is 3.53. The minimum atomic E-state index is -0.354. The summed E-state index contributed by atoms with van der Waals surface area (Å²) in [5, 5.41) is 5.26. The molecule has 0 bridgehead atoms. The van der Waals surface area contributed by atoms with Crippen LogP contribution >= 0.6 is 11.8 Å². The molecule has 2 N–H and O–H groups in total. The van der Waals surface area contributed by atoms with E-state index in [1.807, 2.05) is 37.4 Å². The van der Waals surface area contributed by atoms with Gasteiger partial charge in [-0.05, 0) is 49.7 Å². The lowest BCUT2D eigenvalue weighted by Gasteiger charge is -2.19. The molecule has 0 aromatic heterocycles. The predicted molar refractivity (Wildman–Crippen MR) is 114 cm³/mol. The van der Waals surface area contributed by atoms with Gasteiger partial charge in [0, 0.05) is 31.5 Å². The van der Waals surface area contributed by atoms with Gasteiger partial charge < -0.3 is 15.5 Å². The fourth-order valence-corrected chi connectivity index (χ4v) is 3.20. The van der Waals surface area contributed by atoms with Crippen LogP contribution in [0.4, 0.5) is 15.8 Å². The maximum atomic E-state index is 12.9. The summed E-state index contributed by atoms with van der Waals surface area (Å²) >= 11 is 1.27. The number of anilines is 2. The molecule has 0 saturated heterocycles. The second kappa shape index (κ2) is 11.3. The van der Waals surface area contributed by atoms with Crippen molar-refractivity contribution in [2.24, 2.45) is 0 Å². The van der Waals surface area contributed by atoms with Gasteiger partial charge in [0.25, 0.3) is 0 Å². The molecule has 2 aromatic carbocycles. The summed E-state index contributed by atoms with van der Waals surface area (Å²) in [6, 6.07) is 15.7. The van der Waals surface area contributed by atoms with E-state index in [-0.39, 0.29) is 28.6 Å². The van der Waals surface area contributed by atoms with Gasteiger partial charge in [0.15, 0.2) is 0 Å². The number of para-hydroxylation sites is 1. The Kier molecular flexibility index (Phi) is 8.81. The van der Waals surface area contributed by atoms with Crippen molar-refractivity contribution in [1.82, 2.24) is 5.32 Å². The number of hydrogen-bond donors (Lipinski definition) is 2. The molecule has 5 nitrogen and oxygen atoms in total. The van der Waals surface area contributed by atoms with Gasteiger partial charge in [0.2, 0.25) is 11.8 Å². The average molecular weight is 404 g/mol. The number of hydrogen-bond acceptors (Lipinski definition) is 4. The fraction of sp³-hybridized carbons (Fsp3) is 0.333. The van der Waals surface area contributed by atoms with Crippen LogP contribution in [0.1, 0.15) is 13.3 Å². The number of amides is 2. The smallest absolute Gasteiger partial charge is 0.234 e. The molecule has 0 heterocycles. The Balaban J connectivity index is 1.61. The fourth-order valence-electron chi connectivity index (χ4n) is 2.49. The third-order valence-corrected chi connectivity index (χ3v) is 5.27. The van der Waals surface area contributed by atoms with Crippen LogP contribution in [0.2, 0.25) is 0 Å². The molecule has 0 saturated carbocycles. The van der Waals surface area contributed by atoms with E-state index >= 15 is 0 Å². The van der Waals surface area contributed by atoms with Crippen LogP contribution in [0.15, 0.2) is 54.6 Å². The van der Waals surface area contributed by atoms with Gasteiger partial charge in [-0.2, -0.15) is 0 Å². The van der Waals surface area contributed by atoms with E-state index in [2.05, 4.69) is 15.5 Å². The van der Waals surface area contributed by atoms with E-state index in [0.29, 0.717) is 12.2 Å². The van der Waals surface area contributed by atoms with E-state index in [1.165, 1.54) is 36.0 Å². The molecule has 1 atom stereocenters. The molecule has 7 heteroatoms. The van der Waals surface area contributed by atoms with Crippen molar-refractivity contribution in [2.75, 3.05) is 36.1 Å². The highest BCUT2D eigenvalue weighted by Crippen LogP contribution is 2.13. The van der Waals surface area contributed by atoms with Gasteiger partial charge in [-0.3, -0.25) is 9.59 Å². The van der Waals surface area contributed by atoms with E-state index in [1.54, 1.807) is 6.92 Å². The largest absolute Gasteiger partial charge is 0.375 e. The molecule has 0 aliphatic carbocycles. The van der Waals surface area contributed by atoms with Crippen LogP contribution < -0.4 is 15.5 Å². The Labute approximate surface area is 169 Å². The summed E-state index contributed by atoms with van der Waals surface area (Å²) < 4.78 is 12.9. The molecular weight excluding hydrogens is 377 g/mol. The molecule has 0 spiro atoms. The number of nitrogens with zero attached hydrogens (tertiary/aromatic N) is 1. The van der Waals surface area contributed by atoms with Crippen molar-refractivity contribution >= 4 is 35.0 Å². The number of thioether (sulfide) groups is 1. The van der Waals surface area contributed by atoms with Gasteiger partial charge >= 0.3 is 0 Å². The molecule has 2 aromatic rings. The van der Waals surface area contributed by atoms with E-state index in [0.717, 1.165) is 18.7 Å². The molecular formula is C21H26FN3O2S. The summed E-state index contributed by atoms with van der Waals surface area (Å²) in [6.45, 7) is 3.20. The van der Waals surface area contributed by atoms with Crippen LogP contribution in [-0.4, -0.2) is 43.0 Å². The first-order valence-corrected chi connectivity index (χ1v) is 10.2. The summed E-state index contributed by atoms with van der Waals surface area (Å²) in [4.78, 5) is 26.2. The first kappa shape index (κ1) is 21.8. The third-order valence-electron chi connectivity index (χ3n) is 4.13. The highest BCUT2D eigenvalue weighted by atomic mass is 32.2. The Morgan fingerprint density at radius 1 is 1.11 bits per heavy atom. The highest BCUT2D eigenvalue weighted by Gasteiger charge is 2.15. The van der Waals surface area contributed by atoms with E-state index < -0.39 is 0 Å². The quantitative estimate of drug-likeness (QED) is 0.596. The highest BCUT2D eigenvalue weighted by molar-refractivity contribution is 8.01. The van der Waals surface area contributed by atoms with E-state index in [9.17, 15) is 14.0 Å². The second-order valence-electron chi connectivity index (χ2n) is 6.41. The lowest BCUT2D eigenvalue weighted by molar-refractivity contribution is -0.120. The Hall–Kier alpha value is -2.54. The maximum absolute atomic E-state index is 12.9. The van der Waals surface area contributed by atoms with Gasteiger partial charge in [-0.15, -0.1) is 11.8 Å². The zero-order valence-corrected chi connectivity index (χ0v) is 17.0. The molecule has 0 fully saturated rings. The SMILES string of the molecule is CC(SCC(=O)Nc1ccc(F)cc1)C(=O)NCCCN(C)c1ccccc1. The molecule has 2 amide bonds. The van der Waals surface area contributed by atoms with Crippen molar-refractivity contribution < 1.29 is 14.0 Å². The first-order chi connectivity index (χ1) is 13.5. The second-order valence-corrected chi connectivity index (χ2v) is 7.74. The summed E-state index contributed by atoms with van der Waals surface area (Å²) in [5.74, 6) is -0.502. The van der Waals surface area contributed by atoms with Crippen molar-refractivity contribution in [3.05, 3.63) is 60.4 Å². The van der Waals surface area contributed by atoms with Crippen LogP contribution in [-0.2, 0) is 9.59 Å². The number of halogens is 1. The molecule has 2 rings (SSSR count). The minimum absolute atomic E-state index is 0.0815. The molecule has 0 radical (unpaired) electrons. The zero-order valence-electron chi connectivity index (χ0n) is 16.2. The number of carbonyl (C=O) groups excluding carboxylic acids is 2. The van der Waals surface area contributed by atoms with Crippen molar-refractivity contribution in [2.45, 2.75) is 18.6 Å². The van der Waals surface area contributed by atoms with Crippen molar-refractivity contribution in [1.29, 1.82) is 0 Å². The van der Waals surface area contributed by atoms with Crippen molar-refractivity contribution in [3.63, 3.8) is 0 Å². The molecule has 150 valence electrons. The van der Waals surface area contributed by atoms with Crippen LogP contribution in [0, 0.1) is 5.82 Å². The van der Waals surface area contributed by atoms with Crippen LogP contribution in [0.25, 0.3) is 0 Å². The lowest BCUT2D eigenvalue weighted by Crippen LogP contribution is -2.34. The monoisotopic (exact) mass is 403 g/mol.